The Bertz CT molecular complexity index is 238. The van der Waals surface area contributed by atoms with Gasteiger partial charge in [0.05, 0.1) is 0 Å². The summed E-state index contributed by atoms with van der Waals surface area (Å²) in [6, 6.07) is 0. The first kappa shape index (κ1) is 18.4. The van der Waals surface area contributed by atoms with Gasteiger partial charge in [0.2, 0.25) is 0 Å². The number of carboxylic acid groups (broad SMARTS) is 1. The fraction of sp³-hybridized carbons (Fsp3) is 0.933. The Labute approximate surface area is 118 Å². The third-order valence-electron chi connectivity index (χ3n) is 3.81. The quantitative estimate of drug-likeness (QED) is 0.573. The molecule has 0 bridgehead atoms. The summed E-state index contributed by atoms with van der Waals surface area (Å²) in [7, 11) is 0. The van der Waals surface area contributed by atoms with E-state index in [0.717, 1.165) is 26.1 Å². The second-order valence-corrected chi connectivity index (χ2v) is 5.47. The SMILES string of the molecule is CCCCN(CCCC)CCCC(N)(CC)C(=O)O. The molecule has 0 fully saturated rings. The Morgan fingerprint density at radius 3 is 1.89 bits per heavy atom. The number of hydrogen-bond acceptors (Lipinski definition) is 3. The molecule has 1 atom stereocenters. The molecule has 0 amide bonds. The molecule has 4 nitrogen and oxygen atoms in total. The van der Waals surface area contributed by atoms with Crippen molar-refractivity contribution >= 4 is 5.97 Å². The number of nitrogens with zero attached hydrogens (tertiary/aromatic N) is 1. The number of unbranched alkanes of at least 4 members (excludes halogenated alkanes) is 2. The largest absolute Gasteiger partial charge is 0.480 e. The lowest BCUT2D eigenvalue weighted by molar-refractivity contribution is -0.143. The molecule has 0 aromatic rings. The molecule has 0 aliphatic heterocycles. The molecule has 0 spiro atoms. The van der Waals surface area contributed by atoms with Crippen molar-refractivity contribution in [1.82, 2.24) is 4.90 Å². The molecular formula is C15H32N2O2. The predicted octanol–water partition coefficient (Wildman–Crippen LogP) is 2.86. The van der Waals surface area contributed by atoms with Crippen molar-refractivity contribution in [3.63, 3.8) is 0 Å². The van der Waals surface area contributed by atoms with Gasteiger partial charge in [-0.05, 0) is 51.7 Å². The first-order valence-corrected chi connectivity index (χ1v) is 7.74. The minimum Gasteiger partial charge on any atom is -0.480 e. The van der Waals surface area contributed by atoms with Crippen molar-refractivity contribution in [2.75, 3.05) is 19.6 Å². The average molecular weight is 272 g/mol. The maximum absolute atomic E-state index is 11.1. The van der Waals surface area contributed by atoms with E-state index in [0.29, 0.717) is 12.8 Å². The Hall–Kier alpha value is -0.610. The Morgan fingerprint density at radius 1 is 1.05 bits per heavy atom. The Morgan fingerprint density at radius 2 is 1.53 bits per heavy atom. The van der Waals surface area contributed by atoms with Gasteiger partial charge in [0.15, 0.2) is 0 Å². The monoisotopic (exact) mass is 272 g/mol. The molecule has 0 aliphatic rings. The van der Waals surface area contributed by atoms with E-state index >= 15 is 0 Å². The molecule has 0 saturated heterocycles. The van der Waals surface area contributed by atoms with Crippen molar-refractivity contribution < 1.29 is 9.90 Å². The average Bonchev–Trinajstić information content (AvgIpc) is 2.40. The van der Waals surface area contributed by atoms with E-state index in [1.165, 1.54) is 25.7 Å². The van der Waals surface area contributed by atoms with E-state index in [-0.39, 0.29) is 0 Å². The van der Waals surface area contributed by atoms with Gasteiger partial charge in [-0.2, -0.15) is 0 Å². The van der Waals surface area contributed by atoms with Gasteiger partial charge in [-0.3, -0.25) is 4.79 Å². The lowest BCUT2D eigenvalue weighted by atomic mass is 9.92. The highest BCUT2D eigenvalue weighted by molar-refractivity contribution is 5.78. The predicted molar refractivity (Wildman–Crippen MR) is 80.3 cm³/mol. The zero-order chi connectivity index (χ0) is 14.7. The molecule has 3 N–H and O–H groups in total. The van der Waals surface area contributed by atoms with Gasteiger partial charge in [-0.15, -0.1) is 0 Å². The fourth-order valence-corrected chi connectivity index (χ4v) is 2.15. The first-order chi connectivity index (χ1) is 9.00. The van der Waals surface area contributed by atoms with Crippen LogP contribution in [0, 0.1) is 0 Å². The molecule has 1 unspecified atom stereocenters. The molecule has 0 heterocycles. The van der Waals surface area contributed by atoms with Gasteiger partial charge in [0, 0.05) is 0 Å². The molecule has 0 rings (SSSR count). The van der Waals surface area contributed by atoms with Crippen molar-refractivity contribution in [1.29, 1.82) is 0 Å². The Balaban J connectivity index is 4.11. The summed E-state index contributed by atoms with van der Waals surface area (Å²) in [5.74, 6) is -0.872. The van der Waals surface area contributed by atoms with E-state index in [1.807, 2.05) is 6.92 Å². The molecule has 0 aromatic heterocycles. The molecule has 114 valence electrons. The van der Waals surface area contributed by atoms with Gasteiger partial charge in [-0.1, -0.05) is 33.6 Å². The van der Waals surface area contributed by atoms with Gasteiger partial charge < -0.3 is 15.7 Å². The lowest BCUT2D eigenvalue weighted by Crippen LogP contribution is -2.47. The maximum atomic E-state index is 11.1. The van der Waals surface area contributed by atoms with E-state index in [2.05, 4.69) is 18.7 Å². The van der Waals surface area contributed by atoms with E-state index in [4.69, 9.17) is 10.8 Å². The lowest BCUT2D eigenvalue weighted by Gasteiger charge is -2.26. The van der Waals surface area contributed by atoms with E-state index in [9.17, 15) is 4.79 Å². The highest BCUT2D eigenvalue weighted by Gasteiger charge is 2.31. The van der Waals surface area contributed by atoms with E-state index < -0.39 is 11.5 Å². The number of hydrogen-bond donors (Lipinski definition) is 2. The first-order valence-electron chi connectivity index (χ1n) is 7.74. The zero-order valence-corrected chi connectivity index (χ0v) is 13.0. The highest BCUT2D eigenvalue weighted by atomic mass is 16.4. The number of carboxylic acids is 1. The summed E-state index contributed by atoms with van der Waals surface area (Å²) >= 11 is 0. The van der Waals surface area contributed by atoms with Crippen LogP contribution in [-0.4, -0.2) is 41.1 Å². The number of aliphatic carboxylic acids is 1. The summed E-state index contributed by atoms with van der Waals surface area (Å²) in [6.07, 6.45) is 6.75. The standard InChI is InChI=1S/C15H32N2O2/c1-4-7-11-17(12-8-5-2)13-9-10-15(16,6-3)14(18)19/h4-13,16H2,1-3H3,(H,18,19). The normalized spacial score (nSPS) is 14.6. The van der Waals surface area contributed by atoms with Crippen LogP contribution >= 0.6 is 0 Å². The summed E-state index contributed by atoms with van der Waals surface area (Å²) < 4.78 is 0. The van der Waals surface area contributed by atoms with Gasteiger partial charge >= 0.3 is 5.97 Å². The summed E-state index contributed by atoms with van der Waals surface area (Å²) in [4.78, 5) is 13.6. The Kier molecular flexibility index (Phi) is 9.88. The van der Waals surface area contributed by atoms with Crippen LogP contribution < -0.4 is 5.73 Å². The minimum atomic E-state index is -1.04. The highest BCUT2D eigenvalue weighted by Crippen LogP contribution is 2.15. The number of rotatable bonds is 12. The van der Waals surface area contributed by atoms with Crippen LogP contribution in [0.25, 0.3) is 0 Å². The van der Waals surface area contributed by atoms with Gasteiger partial charge in [0.25, 0.3) is 0 Å². The molecule has 0 radical (unpaired) electrons. The molecule has 19 heavy (non-hydrogen) atoms. The third-order valence-corrected chi connectivity index (χ3v) is 3.81. The van der Waals surface area contributed by atoms with Crippen LogP contribution in [0.2, 0.25) is 0 Å². The third kappa shape index (κ3) is 7.53. The van der Waals surface area contributed by atoms with E-state index in [1.54, 1.807) is 0 Å². The van der Waals surface area contributed by atoms with Crippen molar-refractivity contribution in [3.05, 3.63) is 0 Å². The zero-order valence-electron chi connectivity index (χ0n) is 13.0. The summed E-state index contributed by atoms with van der Waals surface area (Å²) in [5, 5.41) is 9.14. The molecule has 0 saturated carbocycles. The second-order valence-electron chi connectivity index (χ2n) is 5.47. The van der Waals surface area contributed by atoms with Crippen molar-refractivity contribution in [2.24, 2.45) is 5.73 Å². The van der Waals surface area contributed by atoms with Crippen LogP contribution in [-0.2, 0) is 4.79 Å². The minimum absolute atomic E-state index is 0.492. The van der Waals surface area contributed by atoms with Gasteiger partial charge in [0.1, 0.15) is 5.54 Å². The summed E-state index contributed by atoms with van der Waals surface area (Å²) in [5.41, 5.74) is 4.87. The summed E-state index contributed by atoms with van der Waals surface area (Å²) in [6.45, 7) is 9.45. The number of nitrogens with two attached hydrogens (primary N) is 1. The van der Waals surface area contributed by atoms with Crippen LogP contribution in [0.15, 0.2) is 0 Å². The molecule has 4 heteroatoms. The molecular weight excluding hydrogens is 240 g/mol. The van der Waals surface area contributed by atoms with Crippen molar-refractivity contribution in [3.8, 4) is 0 Å². The fourth-order valence-electron chi connectivity index (χ4n) is 2.15. The smallest absolute Gasteiger partial charge is 0.323 e. The number of carbonyl (C=O) groups is 1. The maximum Gasteiger partial charge on any atom is 0.323 e. The second kappa shape index (κ2) is 10.2. The van der Waals surface area contributed by atoms with Crippen LogP contribution in [0.3, 0.4) is 0 Å². The van der Waals surface area contributed by atoms with Crippen LogP contribution in [0.1, 0.15) is 65.7 Å². The topological polar surface area (TPSA) is 66.6 Å². The van der Waals surface area contributed by atoms with Crippen molar-refractivity contribution in [2.45, 2.75) is 71.3 Å². The van der Waals surface area contributed by atoms with Gasteiger partial charge in [-0.25, -0.2) is 0 Å². The van der Waals surface area contributed by atoms with Crippen LogP contribution in [0.5, 0.6) is 0 Å². The molecule has 0 aromatic carbocycles. The van der Waals surface area contributed by atoms with Crippen LogP contribution in [0.4, 0.5) is 0 Å². The molecule has 0 aliphatic carbocycles.